The molecule has 0 saturated heterocycles. The summed E-state index contributed by atoms with van der Waals surface area (Å²) in [6.45, 7) is 3.19. The quantitative estimate of drug-likeness (QED) is 0.752. The van der Waals surface area contributed by atoms with E-state index in [0.717, 1.165) is 6.42 Å². The Morgan fingerprint density at radius 1 is 1.60 bits per heavy atom. The third-order valence-corrected chi connectivity index (χ3v) is 2.64. The summed E-state index contributed by atoms with van der Waals surface area (Å²) in [7, 11) is 0. The molecule has 0 aromatic carbocycles. The molecule has 0 radical (unpaired) electrons. The van der Waals surface area contributed by atoms with E-state index in [1.807, 2.05) is 6.92 Å². The van der Waals surface area contributed by atoms with Crippen LogP contribution < -0.4 is 0 Å². The van der Waals surface area contributed by atoms with E-state index in [1.165, 1.54) is 6.26 Å². The van der Waals surface area contributed by atoms with Gasteiger partial charge in [-0.25, -0.2) is 0 Å². The molecule has 0 spiro atoms. The molecule has 1 aromatic rings. The van der Waals surface area contributed by atoms with E-state index < -0.39 is 0 Å². The first-order chi connectivity index (χ1) is 7.20. The lowest BCUT2D eigenvalue weighted by atomic mass is 10.3. The SMILES string of the molecule is CCN(CCCCl)C(=O)c1ccoc1Cl. The van der Waals surface area contributed by atoms with Crippen LogP contribution in [0.2, 0.25) is 5.22 Å². The highest BCUT2D eigenvalue weighted by Crippen LogP contribution is 2.18. The van der Waals surface area contributed by atoms with Crippen molar-refractivity contribution in [2.24, 2.45) is 0 Å². The number of rotatable bonds is 5. The molecule has 0 aliphatic heterocycles. The van der Waals surface area contributed by atoms with Gasteiger partial charge in [-0.15, -0.1) is 11.6 Å². The van der Waals surface area contributed by atoms with Crippen molar-refractivity contribution in [2.75, 3.05) is 19.0 Å². The fourth-order valence-electron chi connectivity index (χ4n) is 1.27. The number of hydrogen-bond donors (Lipinski definition) is 0. The largest absolute Gasteiger partial charge is 0.452 e. The molecule has 1 aromatic heterocycles. The zero-order chi connectivity index (χ0) is 11.3. The van der Waals surface area contributed by atoms with E-state index in [1.54, 1.807) is 11.0 Å². The van der Waals surface area contributed by atoms with Crippen molar-refractivity contribution >= 4 is 29.1 Å². The van der Waals surface area contributed by atoms with Crippen molar-refractivity contribution in [1.29, 1.82) is 0 Å². The number of halogens is 2. The lowest BCUT2D eigenvalue weighted by Crippen LogP contribution is -2.31. The summed E-state index contributed by atoms with van der Waals surface area (Å²) in [4.78, 5) is 13.6. The molecule has 5 heteroatoms. The Kier molecular flexibility index (Phi) is 4.99. The predicted octanol–water partition coefficient (Wildman–Crippen LogP) is 3.02. The van der Waals surface area contributed by atoms with E-state index in [-0.39, 0.29) is 11.1 Å². The second-order valence-corrected chi connectivity index (χ2v) is 3.76. The summed E-state index contributed by atoms with van der Waals surface area (Å²) in [6.07, 6.45) is 2.18. The molecule has 0 saturated carbocycles. The Hall–Kier alpha value is -0.670. The maximum atomic E-state index is 11.9. The highest BCUT2D eigenvalue weighted by molar-refractivity contribution is 6.32. The van der Waals surface area contributed by atoms with E-state index in [0.29, 0.717) is 24.5 Å². The fourth-order valence-corrected chi connectivity index (χ4v) is 1.59. The average molecular weight is 250 g/mol. The molecule has 0 aliphatic carbocycles. The van der Waals surface area contributed by atoms with Crippen molar-refractivity contribution in [3.05, 3.63) is 23.1 Å². The standard InChI is InChI=1S/C10H13Cl2NO2/c1-2-13(6-3-5-11)10(14)8-4-7-15-9(8)12/h4,7H,2-3,5-6H2,1H3. The first-order valence-corrected chi connectivity index (χ1v) is 5.70. The molecule has 84 valence electrons. The number of nitrogens with zero attached hydrogens (tertiary/aromatic N) is 1. The van der Waals surface area contributed by atoms with Crippen LogP contribution in [-0.4, -0.2) is 29.8 Å². The summed E-state index contributed by atoms with van der Waals surface area (Å²) in [5.41, 5.74) is 0.410. The second-order valence-electron chi connectivity index (χ2n) is 3.04. The van der Waals surface area contributed by atoms with Crippen LogP contribution in [0.25, 0.3) is 0 Å². The minimum atomic E-state index is -0.110. The predicted molar refractivity (Wildman–Crippen MR) is 60.6 cm³/mol. The molecule has 0 unspecified atom stereocenters. The Morgan fingerprint density at radius 2 is 2.33 bits per heavy atom. The van der Waals surface area contributed by atoms with Crippen LogP contribution >= 0.6 is 23.2 Å². The minimum Gasteiger partial charge on any atom is -0.452 e. The summed E-state index contributed by atoms with van der Waals surface area (Å²) >= 11 is 11.3. The monoisotopic (exact) mass is 249 g/mol. The van der Waals surface area contributed by atoms with Gasteiger partial charge in [0.15, 0.2) is 0 Å². The topological polar surface area (TPSA) is 33.5 Å². The summed E-state index contributed by atoms with van der Waals surface area (Å²) < 4.78 is 4.88. The lowest BCUT2D eigenvalue weighted by Gasteiger charge is -2.19. The maximum absolute atomic E-state index is 11.9. The normalized spacial score (nSPS) is 10.3. The molecule has 1 heterocycles. The van der Waals surface area contributed by atoms with Gasteiger partial charge < -0.3 is 9.32 Å². The van der Waals surface area contributed by atoms with Gasteiger partial charge in [-0.1, -0.05) is 0 Å². The van der Waals surface area contributed by atoms with Crippen LogP contribution in [0.15, 0.2) is 16.7 Å². The van der Waals surface area contributed by atoms with Crippen molar-refractivity contribution in [3.8, 4) is 0 Å². The van der Waals surface area contributed by atoms with Crippen molar-refractivity contribution in [2.45, 2.75) is 13.3 Å². The number of carbonyl (C=O) groups is 1. The highest BCUT2D eigenvalue weighted by Gasteiger charge is 2.18. The van der Waals surface area contributed by atoms with E-state index in [9.17, 15) is 4.79 Å². The Balaban J connectivity index is 2.69. The van der Waals surface area contributed by atoms with Gasteiger partial charge in [0.1, 0.15) is 0 Å². The van der Waals surface area contributed by atoms with Crippen LogP contribution in [0.3, 0.4) is 0 Å². The van der Waals surface area contributed by atoms with Crippen LogP contribution in [-0.2, 0) is 0 Å². The van der Waals surface area contributed by atoms with Gasteiger partial charge in [0.25, 0.3) is 5.91 Å². The molecule has 0 bridgehead atoms. The molecule has 0 aliphatic rings. The highest BCUT2D eigenvalue weighted by atomic mass is 35.5. The summed E-state index contributed by atoms with van der Waals surface area (Å²) in [5, 5.41) is 0.143. The lowest BCUT2D eigenvalue weighted by molar-refractivity contribution is 0.0764. The number of carbonyl (C=O) groups excluding carboxylic acids is 1. The maximum Gasteiger partial charge on any atom is 0.258 e. The molecule has 1 amide bonds. The van der Waals surface area contributed by atoms with Gasteiger partial charge >= 0.3 is 0 Å². The smallest absolute Gasteiger partial charge is 0.258 e. The van der Waals surface area contributed by atoms with Gasteiger partial charge in [-0.3, -0.25) is 4.79 Å². The van der Waals surface area contributed by atoms with Crippen LogP contribution in [0, 0.1) is 0 Å². The third kappa shape index (κ3) is 3.14. The zero-order valence-corrected chi connectivity index (χ0v) is 10.0. The van der Waals surface area contributed by atoms with Gasteiger partial charge in [0.2, 0.25) is 5.22 Å². The molecule has 0 atom stereocenters. The third-order valence-electron chi connectivity index (χ3n) is 2.08. The van der Waals surface area contributed by atoms with Gasteiger partial charge in [0.05, 0.1) is 11.8 Å². The molecule has 1 rings (SSSR count). The average Bonchev–Trinajstić information content (AvgIpc) is 2.65. The molecule has 0 fully saturated rings. The Bertz CT molecular complexity index is 325. The van der Waals surface area contributed by atoms with Gasteiger partial charge in [-0.2, -0.15) is 0 Å². The van der Waals surface area contributed by atoms with Crippen molar-refractivity contribution in [3.63, 3.8) is 0 Å². The number of furan rings is 1. The van der Waals surface area contributed by atoms with Gasteiger partial charge in [0, 0.05) is 19.0 Å². The van der Waals surface area contributed by atoms with Crippen molar-refractivity contribution < 1.29 is 9.21 Å². The number of alkyl halides is 1. The Labute approximate surface area is 98.9 Å². The van der Waals surface area contributed by atoms with Crippen molar-refractivity contribution in [1.82, 2.24) is 4.90 Å². The van der Waals surface area contributed by atoms with Gasteiger partial charge in [-0.05, 0) is 31.0 Å². The molecular weight excluding hydrogens is 237 g/mol. The number of hydrogen-bond acceptors (Lipinski definition) is 2. The molecule has 3 nitrogen and oxygen atoms in total. The minimum absolute atomic E-state index is 0.110. The molecule has 15 heavy (non-hydrogen) atoms. The Morgan fingerprint density at radius 3 is 2.80 bits per heavy atom. The summed E-state index contributed by atoms with van der Waals surface area (Å²) in [5.74, 6) is 0.435. The van der Waals surface area contributed by atoms with Crippen LogP contribution in [0.4, 0.5) is 0 Å². The zero-order valence-electron chi connectivity index (χ0n) is 8.50. The first-order valence-electron chi connectivity index (χ1n) is 4.79. The van der Waals surface area contributed by atoms with E-state index in [2.05, 4.69) is 0 Å². The second kappa shape index (κ2) is 6.03. The van der Waals surface area contributed by atoms with E-state index in [4.69, 9.17) is 27.6 Å². The fraction of sp³-hybridized carbons (Fsp3) is 0.500. The first kappa shape index (κ1) is 12.4. The number of amides is 1. The van der Waals surface area contributed by atoms with E-state index >= 15 is 0 Å². The molecule has 0 N–H and O–H groups in total. The van der Waals surface area contributed by atoms with Crippen LogP contribution in [0.1, 0.15) is 23.7 Å². The molecular formula is C10H13Cl2NO2. The van der Waals surface area contributed by atoms with Crippen LogP contribution in [0.5, 0.6) is 0 Å². The summed E-state index contributed by atoms with van der Waals surface area (Å²) in [6, 6.07) is 1.58.